The molecule has 0 aliphatic rings. The highest BCUT2D eigenvalue weighted by Crippen LogP contribution is 2.24. The molecule has 3 aromatic rings. The number of hydrogen-bond donors (Lipinski definition) is 1. The number of aromatic nitrogens is 1. The summed E-state index contributed by atoms with van der Waals surface area (Å²) in [7, 11) is 0. The molecule has 1 N–H and O–H groups in total. The van der Waals surface area contributed by atoms with Gasteiger partial charge in [0.1, 0.15) is 0 Å². The first-order valence-electron chi connectivity index (χ1n) is 6.65. The van der Waals surface area contributed by atoms with Crippen molar-refractivity contribution in [2.24, 2.45) is 0 Å². The molecule has 0 spiro atoms. The highest BCUT2D eigenvalue weighted by molar-refractivity contribution is 5.98. The van der Waals surface area contributed by atoms with Crippen LogP contribution >= 0.6 is 0 Å². The normalized spacial score (nSPS) is 10.3. The maximum Gasteiger partial charge on any atom is 0.287 e. The third kappa shape index (κ3) is 3.00. The van der Waals surface area contributed by atoms with Gasteiger partial charge < -0.3 is 9.73 Å². The Morgan fingerprint density at radius 1 is 1.05 bits per heavy atom. The first-order chi connectivity index (χ1) is 10.3. The van der Waals surface area contributed by atoms with Gasteiger partial charge in [0.2, 0.25) is 0 Å². The Labute approximate surface area is 122 Å². The van der Waals surface area contributed by atoms with Crippen molar-refractivity contribution in [3.63, 3.8) is 0 Å². The fourth-order valence-corrected chi connectivity index (χ4v) is 2.08. The molecule has 104 valence electrons. The molecule has 3 rings (SSSR count). The third-order valence-electron chi connectivity index (χ3n) is 3.11. The summed E-state index contributed by atoms with van der Waals surface area (Å²) in [6.07, 6.45) is 3.22. The molecule has 1 aromatic carbocycles. The van der Waals surface area contributed by atoms with Gasteiger partial charge in [0.25, 0.3) is 5.91 Å². The summed E-state index contributed by atoms with van der Waals surface area (Å²) >= 11 is 0. The summed E-state index contributed by atoms with van der Waals surface area (Å²) in [6.45, 7) is 0.370. The lowest BCUT2D eigenvalue weighted by Crippen LogP contribution is -2.23. The Bertz CT molecular complexity index is 721. The van der Waals surface area contributed by atoms with Gasteiger partial charge in [0.05, 0.1) is 18.5 Å². The van der Waals surface area contributed by atoms with Crippen LogP contribution in [-0.4, -0.2) is 10.9 Å². The Hall–Kier alpha value is -2.88. The summed E-state index contributed by atoms with van der Waals surface area (Å²) in [6, 6.07) is 17.1. The summed E-state index contributed by atoms with van der Waals surface area (Å²) in [5, 5.41) is 2.82. The minimum Gasteiger partial charge on any atom is -0.459 e. The molecule has 0 fully saturated rings. The predicted octanol–water partition coefficient (Wildman–Crippen LogP) is 3.27. The molecule has 0 saturated heterocycles. The SMILES string of the molecule is O=C(NCc1ccccn1)c1occc1-c1ccccc1. The van der Waals surface area contributed by atoms with E-state index >= 15 is 0 Å². The Balaban J connectivity index is 1.76. The maximum atomic E-state index is 12.2. The first-order valence-corrected chi connectivity index (χ1v) is 6.65. The molecular weight excluding hydrogens is 264 g/mol. The Kier molecular flexibility index (Phi) is 3.78. The van der Waals surface area contributed by atoms with Gasteiger partial charge in [-0.3, -0.25) is 9.78 Å². The van der Waals surface area contributed by atoms with Crippen LogP contribution in [0.4, 0.5) is 0 Å². The molecule has 0 saturated carbocycles. The molecular formula is C17H14N2O2. The van der Waals surface area contributed by atoms with E-state index in [-0.39, 0.29) is 5.91 Å². The van der Waals surface area contributed by atoms with Crippen molar-refractivity contribution >= 4 is 5.91 Å². The Morgan fingerprint density at radius 2 is 1.86 bits per heavy atom. The van der Waals surface area contributed by atoms with E-state index in [1.165, 1.54) is 6.26 Å². The number of amides is 1. The number of rotatable bonds is 4. The van der Waals surface area contributed by atoms with Crippen molar-refractivity contribution in [1.29, 1.82) is 0 Å². The van der Waals surface area contributed by atoms with Crippen molar-refractivity contribution in [2.75, 3.05) is 0 Å². The highest BCUT2D eigenvalue weighted by atomic mass is 16.3. The van der Waals surface area contributed by atoms with Gasteiger partial charge in [-0.2, -0.15) is 0 Å². The van der Waals surface area contributed by atoms with Gasteiger partial charge in [-0.15, -0.1) is 0 Å². The number of nitrogens with zero attached hydrogens (tertiary/aromatic N) is 1. The monoisotopic (exact) mass is 278 g/mol. The number of carbonyl (C=O) groups excluding carboxylic acids is 1. The number of benzene rings is 1. The number of furan rings is 1. The largest absolute Gasteiger partial charge is 0.459 e. The van der Waals surface area contributed by atoms with E-state index in [2.05, 4.69) is 10.3 Å². The summed E-state index contributed by atoms with van der Waals surface area (Å²) in [5.41, 5.74) is 2.54. The van der Waals surface area contributed by atoms with E-state index in [1.54, 1.807) is 12.3 Å². The van der Waals surface area contributed by atoms with Crippen molar-refractivity contribution in [3.8, 4) is 11.1 Å². The average Bonchev–Trinajstić information content (AvgIpc) is 3.04. The Morgan fingerprint density at radius 3 is 2.62 bits per heavy atom. The van der Waals surface area contributed by atoms with Crippen LogP contribution in [0.2, 0.25) is 0 Å². The van der Waals surface area contributed by atoms with E-state index in [9.17, 15) is 4.79 Å². The zero-order chi connectivity index (χ0) is 14.5. The molecule has 0 unspecified atom stereocenters. The predicted molar refractivity (Wildman–Crippen MR) is 79.6 cm³/mol. The van der Waals surface area contributed by atoms with E-state index in [0.717, 1.165) is 16.8 Å². The van der Waals surface area contributed by atoms with Gasteiger partial charge >= 0.3 is 0 Å². The summed E-state index contributed by atoms with van der Waals surface area (Å²) < 4.78 is 5.34. The zero-order valence-electron chi connectivity index (χ0n) is 11.3. The average molecular weight is 278 g/mol. The topological polar surface area (TPSA) is 55.1 Å². The third-order valence-corrected chi connectivity index (χ3v) is 3.11. The summed E-state index contributed by atoms with van der Waals surface area (Å²) in [4.78, 5) is 16.4. The van der Waals surface area contributed by atoms with E-state index < -0.39 is 0 Å². The molecule has 0 atom stereocenters. The molecule has 2 aromatic heterocycles. The van der Waals surface area contributed by atoms with Gasteiger partial charge in [-0.1, -0.05) is 36.4 Å². The molecule has 2 heterocycles. The molecule has 4 nitrogen and oxygen atoms in total. The second-order valence-electron chi connectivity index (χ2n) is 4.53. The second kappa shape index (κ2) is 6.05. The van der Waals surface area contributed by atoms with Crippen LogP contribution in [0.25, 0.3) is 11.1 Å². The van der Waals surface area contributed by atoms with Crippen LogP contribution in [0.3, 0.4) is 0 Å². The molecule has 0 aliphatic heterocycles. The minimum absolute atomic E-state index is 0.246. The van der Waals surface area contributed by atoms with E-state index in [0.29, 0.717) is 12.3 Å². The molecule has 4 heteroatoms. The summed E-state index contributed by atoms with van der Waals surface area (Å²) in [5.74, 6) is 0.0710. The quantitative estimate of drug-likeness (QED) is 0.797. The lowest BCUT2D eigenvalue weighted by molar-refractivity contribution is 0.0923. The molecule has 0 aliphatic carbocycles. The van der Waals surface area contributed by atoms with Crippen molar-refractivity contribution in [2.45, 2.75) is 6.54 Å². The van der Waals surface area contributed by atoms with Gasteiger partial charge in [0, 0.05) is 11.8 Å². The number of nitrogens with one attached hydrogen (secondary N) is 1. The van der Waals surface area contributed by atoms with Crippen LogP contribution in [0.15, 0.2) is 71.5 Å². The number of pyridine rings is 1. The van der Waals surface area contributed by atoms with Crippen molar-refractivity contribution in [1.82, 2.24) is 10.3 Å². The van der Waals surface area contributed by atoms with Crippen LogP contribution in [-0.2, 0) is 6.54 Å². The molecule has 21 heavy (non-hydrogen) atoms. The lowest BCUT2D eigenvalue weighted by Gasteiger charge is -2.05. The van der Waals surface area contributed by atoms with Crippen LogP contribution in [0, 0.1) is 0 Å². The van der Waals surface area contributed by atoms with E-state index in [1.807, 2.05) is 48.5 Å². The smallest absolute Gasteiger partial charge is 0.287 e. The molecule has 0 bridgehead atoms. The zero-order valence-corrected chi connectivity index (χ0v) is 11.3. The number of carbonyl (C=O) groups is 1. The maximum absolute atomic E-state index is 12.2. The minimum atomic E-state index is -0.246. The fourth-order valence-electron chi connectivity index (χ4n) is 2.08. The standard InChI is InChI=1S/C17H14N2O2/c20-17(19-12-14-8-4-5-10-18-14)16-15(9-11-21-16)13-6-2-1-3-7-13/h1-11H,12H2,(H,19,20). The lowest BCUT2D eigenvalue weighted by atomic mass is 10.1. The first kappa shape index (κ1) is 13.1. The molecule has 0 radical (unpaired) electrons. The highest BCUT2D eigenvalue weighted by Gasteiger charge is 2.16. The molecule has 1 amide bonds. The van der Waals surface area contributed by atoms with Crippen LogP contribution in [0.1, 0.15) is 16.2 Å². The van der Waals surface area contributed by atoms with Crippen LogP contribution in [0.5, 0.6) is 0 Å². The second-order valence-corrected chi connectivity index (χ2v) is 4.53. The van der Waals surface area contributed by atoms with Crippen LogP contribution < -0.4 is 5.32 Å². The van der Waals surface area contributed by atoms with Gasteiger partial charge in [0.15, 0.2) is 5.76 Å². The van der Waals surface area contributed by atoms with Crippen molar-refractivity contribution in [3.05, 3.63) is 78.5 Å². The van der Waals surface area contributed by atoms with Gasteiger partial charge in [-0.25, -0.2) is 0 Å². The number of hydrogen-bond acceptors (Lipinski definition) is 3. The van der Waals surface area contributed by atoms with Crippen molar-refractivity contribution < 1.29 is 9.21 Å². The van der Waals surface area contributed by atoms with Gasteiger partial charge in [-0.05, 0) is 23.8 Å². The van der Waals surface area contributed by atoms with E-state index in [4.69, 9.17) is 4.42 Å². The fraction of sp³-hybridized carbons (Fsp3) is 0.0588.